The third-order valence-electron chi connectivity index (χ3n) is 2.59. The Bertz CT molecular complexity index is 408. The largest absolute Gasteiger partial charge is 0.399 e. The van der Waals surface area contributed by atoms with Gasteiger partial charge in [-0.25, -0.2) is 0 Å². The Morgan fingerprint density at radius 1 is 1.50 bits per heavy atom. The number of carbonyl (C=O) groups is 1. The molecule has 0 spiro atoms. The van der Waals surface area contributed by atoms with Crippen molar-refractivity contribution in [1.82, 2.24) is 10.2 Å². The fourth-order valence-electron chi connectivity index (χ4n) is 1.76. The molecule has 1 aromatic carbocycles. The second-order valence-corrected chi connectivity index (χ2v) is 4.32. The van der Waals surface area contributed by atoms with E-state index in [0.29, 0.717) is 30.3 Å². The van der Waals surface area contributed by atoms with E-state index in [1.54, 1.807) is 6.07 Å². The van der Waals surface area contributed by atoms with Gasteiger partial charge in [-0.3, -0.25) is 9.69 Å². The summed E-state index contributed by atoms with van der Waals surface area (Å²) in [4.78, 5) is 13.3. The third-order valence-corrected chi connectivity index (χ3v) is 2.94. The van der Waals surface area contributed by atoms with Gasteiger partial charge < -0.3 is 11.1 Å². The molecule has 1 fully saturated rings. The molecule has 2 rings (SSSR count). The topological polar surface area (TPSA) is 58.4 Å². The van der Waals surface area contributed by atoms with Gasteiger partial charge in [0.05, 0.1) is 6.54 Å². The summed E-state index contributed by atoms with van der Waals surface area (Å²) in [5, 5.41) is 3.45. The van der Waals surface area contributed by atoms with E-state index in [9.17, 15) is 4.79 Å². The first-order chi connectivity index (χ1) is 7.65. The molecule has 1 aromatic rings. The minimum absolute atomic E-state index is 0.0674. The first-order valence-corrected chi connectivity index (χ1v) is 5.56. The lowest BCUT2D eigenvalue weighted by Gasteiger charge is -2.26. The first kappa shape index (κ1) is 11.2. The van der Waals surface area contributed by atoms with Crippen molar-refractivity contribution in [3.8, 4) is 0 Å². The fourth-order valence-corrected chi connectivity index (χ4v) is 2.01. The molecule has 86 valence electrons. The van der Waals surface area contributed by atoms with Crippen LogP contribution in [0.15, 0.2) is 18.2 Å². The number of piperazine rings is 1. The molecule has 4 nitrogen and oxygen atoms in total. The SMILES string of the molecule is Nc1ccc(CN2CCNC(=O)C2)c(Cl)c1. The van der Waals surface area contributed by atoms with Crippen molar-refractivity contribution in [2.45, 2.75) is 6.54 Å². The van der Waals surface area contributed by atoms with Crippen LogP contribution in [0.3, 0.4) is 0 Å². The Labute approximate surface area is 99.4 Å². The molecule has 1 aliphatic heterocycles. The number of nitrogens with one attached hydrogen (secondary N) is 1. The van der Waals surface area contributed by atoms with E-state index in [1.165, 1.54) is 0 Å². The first-order valence-electron chi connectivity index (χ1n) is 5.18. The lowest BCUT2D eigenvalue weighted by atomic mass is 10.2. The number of carbonyl (C=O) groups excluding carboxylic acids is 1. The molecule has 0 radical (unpaired) electrons. The van der Waals surface area contributed by atoms with E-state index < -0.39 is 0 Å². The Morgan fingerprint density at radius 3 is 3.00 bits per heavy atom. The zero-order chi connectivity index (χ0) is 11.5. The summed E-state index contributed by atoms with van der Waals surface area (Å²) in [6.07, 6.45) is 0. The van der Waals surface area contributed by atoms with E-state index in [4.69, 9.17) is 17.3 Å². The Balaban J connectivity index is 2.05. The smallest absolute Gasteiger partial charge is 0.234 e. The van der Waals surface area contributed by atoms with Gasteiger partial charge in [0.1, 0.15) is 0 Å². The van der Waals surface area contributed by atoms with Gasteiger partial charge in [-0.05, 0) is 17.7 Å². The predicted octanol–water partition coefficient (Wildman–Crippen LogP) is 0.854. The number of nitrogens with zero attached hydrogens (tertiary/aromatic N) is 1. The van der Waals surface area contributed by atoms with Crippen LogP contribution < -0.4 is 11.1 Å². The summed E-state index contributed by atoms with van der Waals surface area (Å²) in [6.45, 7) is 2.67. The van der Waals surface area contributed by atoms with Crippen LogP contribution >= 0.6 is 11.6 Å². The van der Waals surface area contributed by atoms with E-state index in [1.807, 2.05) is 12.1 Å². The molecule has 0 atom stereocenters. The van der Waals surface area contributed by atoms with E-state index in [0.717, 1.165) is 12.1 Å². The lowest BCUT2D eigenvalue weighted by molar-refractivity contribution is -0.124. The molecule has 1 amide bonds. The Kier molecular flexibility index (Phi) is 3.31. The number of rotatable bonds is 2. The van der Waals surface area contributed by atoms with Gasteiger partial charge in [-0.1, -0.05) is 17.7 Å². The van der Waals surface area contributed by atoms with Crippen molar-refractivity contribution in [2.24, 2.45) is 0 Å². The minimum atomic E-state index is 0.0674. The van der Waals surface area contributed by atoms with Crippen LogP contribution in [-0.4, -0.2) is 30.4 Å². The summed E-state index contributed by atoms with van der Waals surface area (Å²) in [6, 6.07) is 5.47. The van der Waals surface area contributed by atoms with Gasteiger partial charge in [0.25, 0.3) is 0 Å². The van der Waals surface area contributed by atoms with Crippen LogP contribution in [0.4, 0.5) is 5.69 Å². The average molecular weight is 240 g/mol. The van der Waals surface area contributed by atoms with Crippen LogP contribution in [0.5, 0.6) is 0 Å². The molecule has 1 heterocycles. The van der Waals surface area contributed by atoms with Gasteiger partial charge in [-0.2, -0.15) is 0 Å². The number of nitrogens with two attached hydrogens (primary N) is 1. The van der Waals surface area contributed by atoms with Gasteiger partial charge in [0.2, 0.25) is 5.91 Å². The highest BCUT2D eigenvalue weighted by Gasteiger charge is 2.16. The van der Waals surface area contributed by atoms with Gasteiger partial charge >= 0.3 is 0 Å². The van der Waals surface area contributed by atoms with Gasteiger partial charge in [0, 0.05) is 30.3 Å². The highest BCUT2D eigenvalue weighted by molar-refractivity contribution is 6.31. The maximum absolute atomic E-state index is 11.2. The van der Waals surface area contributed by atoms with Crippen molar-refractivity contribution in [2.75, 3.05) is 25.4 Å². The van der Waals surface area contributed by atoms with Gasteiger partial charge in [-0.15, -0.1) is 0 Å². The second-order valence-electron chi connectivity index (χ2n) is 3.91. The van der Waals surface area contributed by atoms with E-state index in [2.05, 4.69) is 10.2 Å². The molecule has 5 heteroatoms. The van der Waals surface area contributed by atoms with Crippen LogP contribution in [0.2, 0.25) is 5.02 Å². The van der Waals surface area contributed by atoms with E-state index in [-0.39, 0.29) is 5.91 Å². The number of nitrogen functional groups attached to an aromatic ring is 1. The maximum atomic E-state index is 11.2. The fraction of sp³-hybridized carbons (Fsp3) is 0.364. The standard InChI is InChI=1S/C11H14ClN3O/c12-10-5-9(13)2-1-8(10)6-15-4-3-14-11(16)7-15/h1-2,5H,3-4,6-7,13H2,(H,14,16). The monoisotopic (exact) mass is 239 g/mol. The number of hydrogen-bond acceptors (Lipinski definition) is 3. The Hall–Kier alpha value is -1.26. The number of amides is 1. The molecule has 0 aliphatic carbocycles. The summed E-state index contributed by atoms with van der Waals surface area (Å²) in [7, 11) is 0. The highest BCUT2D eigenvalue weighted by atomic mass is 35.5. The van der Waals surface area contributed by atoms with Crippen molar-refractivity contribution in [3.63, 3.8) is 0 Å². The van der Waals surface area contributed by atoms with Crippen molar-refractivity contribution >= 4 is 23.2 Å². The number of hydrogen-bond donors (Lipinski definition) is 2. The molecule has 0 bridgehead atoms. The second kappa shape index (κ2) is 4.72. The highest BCUT2D eigenvalue weighted by Crippen LogP contribution is 2.20. The molecule has 0 unspecified atom stereocenters. The quantitative estimate of drug-likeness (QED) is 0.753. The molecular formula is C11H14ClN3O. The molecule has 16 heavy (non-hydrogen) atoms. The van der Waals surface area contributed by atoms with Crippen molar-refractivity contribution in [1.29, 1.82) is 0 Å². The number of halogens is 1. The summed E-state index contributed by atoms with van der Waals surface area (Å²) < 4.78 is 0. The minimum Gasteiger partial charge on any atom is -0.399 e. The van der Waals surface area contributed by atoms with Crippen LogP contribution in [0, 0.1) is 0 Å². The van der Waals surface area contributed by atoms with Crippen molar-refractivity contribution in [3.05, 3.63) is 28.8 Å². The van der Waals surface area contributed by atoms with Crippen LogP contribution in [-0.2, 0) is 11.3 Å². The molecule has 3 N–H and O–H groups in total. The lowest BCUT2D eigenvalue weighted by Crippen LogP contribution is -2.47. The number of benzene rings is 1. The number of anilines is 1. The third kappa shape index (κ3) is 2.65. The molecule has 1 saturated heterocycles. The zero-order valence-corrected chi connectivity index (χ0v) is 9.63. The molecule has 0 saturated carbocycles. The molecular weight excluding hydrogens is 226 g/mol. The van der Waals surface area contributed by atoms with Crippen molar-refractivity contribution < 1.29 is 4.79 Å². The molecule has 1 aliphatic rings. The van der Waals surface area contributed by atoms with E-state index >= 15 is 0 Å². The average Bonchev–Trinajstić information content (AvgIpc) is 2.22. The summed E-state index contributed by atoms with van der Waals surface area (Å²) in [5.74, 6) is 0.0674. The van der Waals surface area contributed by atoms with Crippen LogP contribution in [0.25, 0.3) is 0 Å². The summed E-state index contributed by atoms with van der Waals surface area (Å²) in [5.41, 5.74) is 7.28. The predicted molar refractivity (Wildman–Crippen MR) is 64.2 cm³/mol. The summed E-state index contributed by atoms with van der Waals surface area (Å²) >= 11 is 6.08. The maximum Gasteiger partial charge on any atom is 0.234 e. The zero-order valence-electron chi connectivity index (χ0n) is 8.87. The van der Waals surface area contributed by atoms with Gasteiger partial charge in [0.15, 0.2) is 0 Å². The normalized spacial score (nSPS) is 17.2. The molecule has 0 aromatic heterocycles. The Morgan fingerprint density at radius 2 is 2.31 bits per heavy atom. The van der Waals surface area contributed by atoms with Crippen LogP contribution in [0.1, 0.15) is 5.56 Å².